The quantitative estimate of drug-likeness (QED) is 0.0201. The van der Waals surface area contributed by atoms with Crippen LogP contribution in [0.15, 0.2) is 122 Å². The highest BCUT2D eigenvalue weighted by Crippen LogP contribution is 2.14. The van der Waals surface area contributed by atoms with Crippen molar-refractivity contribution in [1.29, 1.82) is 0 Å². The molecule has 0 aromatic heterocycles. The molecule has 0 aliphatic rings. The van der Waals surface area contributed by atoms with E-state index in [1.807, 2.05) is 54.7 Å². The van der Waals surface area contributed by atoms with Gasteiger partial charge in [0.1, 0.15) is 13.2 Å². The Bertz CT molecular complexity index is 1340. The van der Waals surface area contributed by atoms with E-state index in [-0.39, 0.29) is 38.0 Å². The maximum absolute atomic E-state index is 12.7. The molecule has 0 aromatic rings. The minimum atomic E-state index is -0.838. The molecule has 1 unspecified atom stereocenters. The molecule has 0 aliphatic carbocycles. The van der Waals surface area contributed by atoms with Gasteiger partial charge in [-0.05, 0) is 70.6 Å². The third-order valence-electron chi connectivity index (χ3n) is 9.59. The Morgan fingerprint density at radius 3 is 1.20 bits per heavy atom. The normalized spacial score (nSPS) is 13.2. The van der Waals surface area contributed by atoms with Crippen molar-refractivity contribution in [3.63, 3.8) is 0 Å². The zero-order valence-electron chi connectivity index (χ0n) is 38.9. The van der Waals surface area contributed by atoms with Crippen LogP contribution in [0, 0.1) is 0 Å². The lowest BCUT2D eigenvalue weighted by Gasteiger charge is -2.18. The number of unbranched alkanes of at least 4 members (excludes halogenated alkanes) is 14. The van der Waals surface area contributed by atoms with E-state index in [1.165, 1.54) is 64.2 Å². The van der Waals surface area contributed by atoms with Crippen LogP contribution in [0.25, 0.3) is 0 Å². The van der Waals surface area contributed by atoms with E-state index in [1.54, 1.807) is 0 Å². The van der Waals surface area contributed by atoms with Crippen LogP contribution in [0.4, 0.5) is 0 Å². The molecule has 1 atom stereocenters. The fraction of sp³-hybridized carbons (Fsp3) is 0.582. The molecular formula is C55H86O6. The van der Waals surface area contributed by atoms with Gasteiger partial charge in [0.25, 0.3) is 0 Å². The Balaban J connectivity index is 4.59. The summed E-state index contributed by atoms with van der Waals surface area (Å²) in [6.07, 6.45) is 66.2. The molecule has 6 heteroatoms. The first-order valence-electron chi connectivity index (χ1n) is 24.1. The maximum Gasteiger partial charge on any atom is 0.306 e. The first kappa shape index (κ1) is 56.8. The van der Waals surface area contributed by atoms with E-state index < -0.39 is 12.1 Å². The summed E-state index contributed by atoms with van der Waals surface area (Å²) in [5.74, 6) is -1.07. The number of hydrogen-bond donors (Lipinski definition) is 0. The van der Waals surface area contributed by atoms with Crippen LogP contribution in [0.5, 0.6) is 0 Å². The Hall–Kier alpha value is -4.19. The largest absolute Gasteiger partial charge is 0.462 e. The molecule has 0 saturated carbocycles. The number of allylic oxidation sites excluding steroid dienone is 20. The molecule has 0 rings (SSSR count). The van der Waals surface area contributed by atoms with E-state index >= 15 is 0 Å². The summed E-state index contributed by atoms with van der Waals surface area (Å²) in [6.45, 7) is 6.24. The summed E-state index contributed by atoms with van der Waals surface area (Å²) in [4.78, 5) is 37.8. The van der Waals surface area contributed by atoms with Crippen LogP contribution in [-0.2, 0) is 28.6 Å². The van der Waals surface area contributed by atoms with Gasteiger partial charge >= 0.3 is 17.9 Å². The molecule has 0 bridgehead atoms. The number of rotatable bonds is 41. The molecule has 0 heterocycles. The highest BCUT2D eigenvalue weighted by Gasteiger charge is 2.19. The second-order valence-corrected chi connectivity index (χ2v) is 15.4. The van der Waals surface area contributed by atoms with Crippen molar-refractivity contribution in [3.05, 3.63) is 122 Å². The van der Waals surface area contributed by atoms with Crippen LogP contribution in [0.3, 0.4) is 0 Å². The highest BCUT2D eigenvalue weighted by molar-refractivity contribution is 5.71. The summed E-state index contributed by atoms with van der Waals surface area (Å²) in [7, 11) is 0. The predicted molar refractivity (Wildman–Crippen MR) is 260 cm³/mol. The van der Waals surface area contributed by atoms with E-state index in [0.717, 1.165) is 70.6 Å². The van der Waals surface area contributed by atoms with Crippen molar-refractivity contribution in [3.8, 4) is 0 Å². The zero-order chi connectivity index (χ0) is 44.4. The van der Waals surface area contributed by atoms with Gasteiger partial charge in [-0.2, -0.15) is 0 Å². The fourth-order valence-electron chi connectivity index (χ4n) is 6.04. The third-order valence-corrected chi connectivity index (χ3v) is 9.59. The van der Waals surface area contributed by atoms with Crippen LogP contribution >= 0.6 is 0 Å². The van der Waals surface area contributed by atoms with Gasteiger partial charge in [-0.1, -0.05) is 219 Å². The van der Waals surface area contributed by atoms with Crippen molar-refractivity contribution in [1.82, 2.24) is 0 Å². The van der Waals surface area contributed by atoms with E-state index in [9.17, 15) is 14.4 Å². The molecule has 0 saturated heterocycles. The first-order valence-corrected chi connectivity index (χ1v) is 24.1. The molecule has 0 radical (unpaired) electrons. The van der Waals surface area contributed by atoms with Crippen LogP contribution < -0.4 is 0 Å². The summed E-state index contributed by atoms with van der Waals surface area (Å²) in [5.41, 5.74) is 0. The number of ether oxygens (including phenoxy) is 3. The van der Waals surface area contributed by atoms with Crippen molar-refractivity contribution < 1.29 is 28.6 Å². The van der Waals surface area contributed by atoms with Gasteiger partial charge in [0.05, 0.1) is 0 Å². The van der Waals surface area contributed by atoms with Gasteiger partial charge in [0, 0.05) is 19.3 Å². The van der Waals surface area contributed by atoms with Crippen molar-refractivity contribution in [2.75, 3.05) is 13.2 Å². The lowest BCUT2D eigenvalue weighted by Crippen LogP contribution is -2.30. The van der Waals surface area contributed by atoms with Gasteiger partial charge in [-0.3, -0.25) is 14.4 Å². The number of hydrogen-bond acceptors (Lipinski definition) is 6. The molecular weight excluding hydrogens is 757 g/mol. The standard InChI is InChI=1S/C55H86O6/c1-4-7-10-13-16-19-22-25-26-27-28-31-33-36-39-42-45-48-54(57)60-51-52(61-55(58)49-46-43-40-37-34-30-24-21-18-15-12-9-6-3)50-59-53(56)47-44-41-38-35-32-29-23-20-17-14-11-8-5-2/h7,9-10,12,15-16,18-19,21,24-26,28,30-31,34,36-37,39-40,52H,4-6,8,11,13-14,17,20,22-23,27,29,32-33,35,38,41-51H2,1-3H3/b10-7-,12-9-,18-15-,19-16-,24-21-,26-25-,31-28-,34-30-,39-36-,40-37-. The van der Waals surface area contributed by atoms with E-state index in [4.69, 9.17) is 14.2 Å². The first-order chi connectivity index (χ1) is 30.0. The smallest absolute Gasteiger partial charge is 0.306 e. The third kappa shape index (κ3) is 46.7. The lowest BCUT2D eigenvalue weighted by atomic mass is 10.0. The van der Waals surface area contributed by atoms with Crippen LogP contribution in [0.1, 0.15) is 188 Å². The van der Waals surface area contributed by atoms with Crippen molar-refractivity contribution in [2.24, 2.45) is 0 Å². The highest BCUT2D eigenvalue weighted by atomic mass is 16.6. The molecule has 61 heavy (non-hydrogen) atoms. The van der Waals surface area contributed by atoms with Crippen molar-refractivity contribution in [2.45, 2.75) is 194 Å². The summed E-state index contributed by atoms with van der Waals surface area (Å²) in [6, 6.07) is 0. The van der Waals surface area contributed by atoms with Gasteiger partial charge in [0.15, 0.2) is 6.10 Å². The number of esters is 3. The molecule has 6 nitrogen and oxygen atoms in total. The molecule has 342 valence electrons. The maximum atomic E-state index is 12.7. The topological polar surface area (TPSA) is 78.9 Å². The predicted octanol–water partition coefficient (Wildman–Crippen LogP) is 15.7. The summed E-state index contributed by atoms with van der Waals surface area (Å²) >= 11 is 0. The van der Waals surface area contributed by atoms with E-state index in [2.05, 4.69) is 87.6 Å². The average Bonchev–Trinajstić information content (AvgIpc) is 3.26. The Morgan fingerprint density at radius 1 is 0.361 bits per heavy atom. The molecule has 0 amide bonds. The summed E-state index contributed by atoms with van der Waals surface area (Å²) < 4.78 is 16.6. The van der Waals surface area contributed by atoms with Gasteiger partial charge < -0.3 is 14.2 Å². The van der Waals surface area contributed by atoms with Crippen LogP contribution in [-0.4, -0.2) is 37.2 Å². The minimum Gasteiger partial charge on any atom is -0.462 e. The average molecular weight is 843 g/mol. The molecule has 0 aromatic carbocycles. The van der Waals surface area contributed by atoms with Gasteiger partial charge in [-0.15, -0.1) is 0 Å². The van der Waals surface area contributed by atoms with Crippen molar-refractivity contribution >= 4 is 17.9 Å². The lowest BCUT2D eigenvalue weighted by molar-refractivity contribution is -0.167. The molecule has 0 fully saturated rings. The summed E-state index contributed by atoms with van der Waals surface area (Å²) in [5, 5.41) is 0. The number of carbonyl (C=O) groups excluding carboxylic acids is 3. The second kappa shape index (κ2) is 48.5. The molecule has 0 N–H and O–H groups in total. The zero-order valence-corrected chi connectivity index (χ0v) is 38.9. The molecule has 0 spiro atoms. The second-order valence-electron chi connectivity index (χ2n) is 15.4. The Morgan fingerprint density at radius 2 is 0.721 bits per heavy atom. The SMILES string of the molecule is CC\C=C/C=C\C=C/C=C\C=C/CCCC(=O)OC(COC(=O)CCC/C=C\C/C=C\C/C=C\C/C=C\C/C=C\CC)COC(=O)CCCCCCCCCCCCCCC. The van der Waals surface area contributed by atoms with Crippen LogP contribution in [0.2, 0.25) is 0 Å². The molecule has 0 aliphatic heterocycles. The fourth-order valence-corrected chi connectivity index (χ4v) is 6.04. The Kier molecular flexibility index (Phi) is 45.1. The monoisotopic (exact) mass is 843 g/mol. The Labute approximate surface area is 373 Å². The number of carbonyl (C=O) groups is 3. The van der Waals surface area contributed by atoms with E-state index in [0.29, 0.717) is 19.3 Å². The van der Waals surface area contributed by atoms with Gasteiger partial charge in [-0.25, -0.2) is 0 Å². The minimum absolute atomic E-state index is 0.126. The van der Waals surface area contributed by atoms with Gasteiger partial charge in [0.2, 0.25) is 0 Å².